The van der Waals surface area contributed by atoms with Crippen LogP contribution < -0.4 is 0 Å². The van der Waals surface area contributed by atoms with Gasteiger partial charge in [0, 0.05) is 12.8 Å². The molecule has 0 aromatic rings. The highest BCUT2D eigenvalue weighted by Gasteiger charge is 2.27. The van der Waals surface area contributed by atoms with E-state index in [2.05, 4.69) is 74.6 Å². The Morgan fingerprint density at radius 3 is 1.20 bits per heavy atom. The normalized spacial score (nSPS) is 13.7. The molecule has 0 aliphatic carbocycles. The number of hydrogen-bond acceptors (Lipinski definition) is 7. The number of phosphoric acid groups is 1. The SMILES string of the molecule is CC/C=C\C/C=C\C/C=C\C/C=C\C/C=C\CCCCCCCCCCCCCCCCCCCCCC(=O)OC(COC(=O)CCCCCCCCCCCCCC)COP(=O)(O)OCC[N+](C)(C)C. The lowest BCUT2D eigenvalue weighted by molar-refractivity contribution is -0.870. The van der Waals surface area contributed by atoms with Gasteiger partial charge in [-0.15, -0.1) is 0 Å². The molecule has 1 N–H and O–H groups in total. The Balaban J connectivity index is 3.96. The summed E-state index contributed by atoms with van der Waals surface area (Å²) in [7, 11) is 1.49. The van der Waals surface area contributed by atoms with E-state index >= 15 is 0 Å². The van der Waals surface area contributed by atoms with Crippen LogP contribution in [-0.4, -0.2) is 74.9 Å². The second-order valence-corrected chi connectivity index (χ2v) is 22.5. The zero-order chi connectivity index (χ0) is 52.0. The summed E-state index contributed by atoms with van der Waals surface area (Å²) >= 11 is 0. The molecule has 0 amide bonds. The third kappa shape index (κ3) is 56.9. The molecule has 414 valence electrons. The maximum atomic E-state index is 12.8. The number of quaternary nitrogens is 1. The first kappa shape index (κ1) is 68.7. The van der Waals surface area contributed by atoms with E-state index in [1.807, 2.05) is 21.1 Å². The summed E-state index contributed by atoms with van der Waals surface area (Å²) in [6, 6.07) is 0. The quantitative estimate of drug-likeness (QED) is 0.0211. The van der Waals surface area contributed by atoms with Crippen LogP contribution in [0.25, 0.3) is 0 Å². The number of phosphoric ester groups is 1. The Kier molecular flexibility index (Phi) is 50.9. The van der Waals surface area contributed by atoms with Gasteiger partial charge in [-0.3, -0.25) is 18.6 Å². The molecule has 0 aliphatic heterocycles. The van der Waals surface area contributed by atoms with Crippen molar-refractivity contribution in [1.29, 1.82) is 0 Å². The molecule has 0 radical (unpaired) electrons. The number of rotatable bonds is 54. The van der Waals surface area contributed by atoms with Gasteiger partial charge in [0.1, 0.15) is 19.8 Å². The molecule has 0 bridgehead atoms. The first-order chi connectivity index (χ1) is 34.5. The second kappa shape index (κ2) is 52.6. The third-order valence-electron chi connectivity index (χ3n) is 12.8. The third-order valence-corrected chi connectivity index (χ3v) is 13.8. The van der Waals surface area contributed by atoms with Gasteiger partial charge in [0.15, 0.2) is 6.10 Å². The first-order valence-electron chi connectivity index (χ1n) is 29.5. The van der Waals surface area contributed by atoms with E-state index in [9.17, 15) is 19.0 Å². The minimum atomic E-state index is -4.38. The lowest BCUT2D eigenvalue weighted by atomic mass is 10.0. The minimum Gasteiger partial charge on any atom is -0.462 e. The molecule has 9 nitrogen and oxygen atoms in total. The molecule has 0 fully saturated rings. The number of hydrogen-bond donors (Lipinski definition) is 1. The van der Waals surface area contributed by atoms with Gasteiger partial charge in [-0.2, -0.15) is 0 Å². The monoisotopic (exact) mass is 1020 g/mol. The highest BCUT2D eigenvalue weighted by atomic mass is 31.2. The summed E-state index contributed by atoms with van der Waals surface area (Å²) in [6.07, 6.45) is 67.4. The zero-order valence-electron chi connectivity index (χ0n) is 47.0. The molecule has 0 aliphatic rings. The molecule has 0 saturated heterocycles. The van der Waals surface area contributed by atoms with Crippen LogP contribution in [0, 0.1) is 0 Å². The number of nitrogens with zero attached hydrogens (tertiary/aromatic N) is 1. The molecule has 0 rings (SSSR count). The minimum absolute atomic E-state index is 0.0333. The highest BCUT2D eigenvalue weighted by molar-refractivity contribution is 7.47. The van der Waals surface area contributed by atoms with E-state index in [1.165, 1.54) is 167 Å². The Morgan fingerprint density at radius 2 is 0.803 bits per heavy atom. The molecule has 2 unspecified atom stereocenters. The molecular weight excluding hydrogens is 906 g/mol. The maximum absolute atomic E-state index is 12.8. The van der Waals surface area contributed by atoms with Crippen LogP contribution in [0.15, 0.2) is 60.8 Å². The summed E-state index contributed by atoms with van der Waals surface area (Å²) in [5.74, 6) is -0.787. The van der Waals surface area contributed by atoms with Crippen LogP contribution in [0.2, 0.25) is 0 Å². The van der Waals surface area contributed by atoms with Crippen LogP contribution >= 0.6 is 7.82 Å². The maximum Gasteiger partial charge on any atom is 0.472 e. The smallest absolute Gasteiger partial charge is 0.462 e. The Bertz CT molecular complexity index is 1380. The van der Waals surface area contributed by atoms with Crippen molar-refractivity contribution >= 4 is 19.8 Å². The van der Waals surface area contributed by atoms with Gasteiger partial charge in [-0.25, -0.2) is 4.57 Å². The topological polar surface area (TPSA) is 108 Å². The van der Waals surface area contributed by atoms with Crippen LogP contribution in [0.1, 0.15) is 264 Å². The fourth-order valence-corrected chi connectivity index (χ4v) is 9.02. The van der Waals surface area contributed by atoms with E-state index in [-0.39, 0.29) is 25.6 Å². The van der Waals surface area contributed by atoms with Crippen LogP contribution in [0.3, 0.4) is 0 Å². The van der Waals surface area contributed by atoms with Gasteiger partial charge in [0.25, 0.3) is 0 Å². The van der Waals surface area contributed by atoms with E-state index in [1.54, 1.807) is 0 Å². The van der Waals surface area contributed by atoms with Crippen LogP contribution in [0.4, 0.5) is 0 Å². The average Bonchev–Trinajstić information content (AvgIpc) is 3.33. The van der Waals surface area contributed by atoms with E-state index < -0.39 is 26.5 Å². The molecule has 0 heterocycles. The number of ether oxygens (including phenoxy) is 2. The van der Waals surface area contributed by atoms with E-state index in [0.717, 1.165) is 64.2 Å². The van der Waals surface area contributed by atoms with Crippen molar-refractivity contribution < 1.29 is 42.1 Å². The number of likely N-dealkylation sites (N-methyl/N-ethyl adjacent to an activating group) is 1. The molecular formula is C61H113NO8P+. The van der Waals surface area contributed by atoms with Crippen LogP contribution in [-0.2, 0) is 32.7 Å². The van der Waals surface area contributed by atoms with Crippen molar-refractivity contribution in [3.8, 4) is 0 Å². The molecule has 0 aromatic heterocycles. The Hall–Kier alpha value is -2.29. The summed E-state index contributed by atoms with van der Waals surface area (Å²) < 4.78 is 34.5. The Morgan fingerprint density at radius 1 is 0.451 bits per heavy atom. The molecule has 0 aromatic carbocycles. The second-order valence-electron chi connectivity index (χ2n) is 21.0. The predicted molar refractivity (Wildman–Crippen MR) is 303 cm³/mol. The van der Waals surface area contributed by atoms with Gasteiger partial charge in [-0.1, -0.05) is 254 Å². The lowest BCUT2D eigenvalue weighted by Crippen LogP contribution is -2.37. The first-order valence-corrected chi connectivity index (χ1v) is 31.0. The summed E-state index contributed by atoms with van der Waals surface area (Å²) in [5.41, 5.74) is 0. The predicted octanol–water partition coefficient (Wildman–Crippen LogP) is 18.3. The zero-order valence-corrected chi connectivity index (χ0v) is 47.9. The summed E-state index contributed by atoms with van der Waals surface area (Å²) in [5, 5.41) is 0. The van der Waals surface area contributed by atoms with Gasteiger partial charge in [0.2, 0.25) is 0 Å². The van der Waals surface area contributed by atoms with Crippen molar-refractivity contribution in [2.45, 2.75) is 270 Å². The van der Waals surface area contributed by atoms with Crippen molar-refractivity contribution in [2.75, 3.05) is 47.5 Å². The fraction of sp³-hybridized carbons (Fsp3) is 0.803. The number of allylic oxidation sites excluding steroid dienone is 10. The van der Waals surface area contributed by atoms with E-state index in [4.69, 9.17) is 18.5 Å². The van der Waals surface area contributed by atoms with Gasteiger partial charge in [0.05, 0.1) is 27.7 Å². The molecule has 0 saturated carbocycles. The van der Waals surface area contributed by atoms with E-state index in [0.29, 0.717) is 23.9 Å². The standard InChI is InChI=1S/C61H112NO8P/c1-6-8-10-12-14-16-18-20-21-22-23-24-25-26-27-28-29-30-31-32-33-34-35-36-37-38-39-40-41-42-44-46-48-50-52-54-61(64)70-59(58-69-71(65,66)68-56-55-62(3,4)5)57-67-60(63)53-51-49-47-45-43-19-17-15-13-11-9-7-2/h8,10,14,16,20-21,23-24,26-27,59H,6-7,9,11-13,15,17-19,22,25,28-58H2,1-5H3/p+1/b10-8-,16-14-,21-20-,24-23-,27-26-. The summed E-state index contributed by atoms with van der Waals surface area (Å²) in [6.45, 7) is 4.34. The lowest BCUT2D eigenvalue weighted by Gasteiger charge is -2.24. The summed E-state index contributed by atoms with van der Waals surface area (Å²) in [4.78, 5) is 35.6. The van der Waals surface area contributed by atoms with Gasteiger partial charge >= 0.3 is 19.8 Å². The average molecular weight is 1020 g/mol. The number of esters is 2. The number of carbonyl (C=O) groups excluding carboxylic acids is 2. The largest absolute Gasteiger partial charge is 0.472 e. The van der Waals surface area contributed by atoms with Crippen molar-refractivity contribution in [3.05, 3.63) is 60.8 Å². The number of carbonyl (C=O) groups is 2. The molecule has 0 spiro atoms. The Labute approximate surface area is 438 Å². The molecule has 10 heteroatoms. The molecule has 2 atom stereocenters. The fourth-order valence-electron chi connectivity index (χ4n) is 8.28. The number of unbranched alkanes of at least 4 members (excludes halogenated alkanes) is 30. The van der Waals surface area contributed by atoms with Crippen molar-refractivity contribution in [3.63, 3.8) is 0 Å². The van der Waals surface area contributed by atoms with Crippen molar-refractivity contribution in [2.24, 2.45) is 0 Å². The van der Waals surface area contributed by atoms with Crippen LogP contribution in [0.5, 0.6) is 0 Å². The highest BCUT2D eigenvalue weighted by Crippen LogP contribution is 2.43. The van der Waals surface area contributed by atoms with Crippen molar-refractivity contribution in [1.82, 2.24) is 0 Å². The molecule has 71 heavy (non-hydrogen) atoms. The van der Waals surface area contributed by atoms with Gasteiger partial charge < -0.3 is 18.9 Å². The van der Waals surface area contributed by atoms with Gasteiger partial charge in [-0.05, 0) is 57.8 Å².